The monoisotopic (exact) mass is 248 g/mol. The molecule has 0 aromatic carbocycles. The van der Waals surface area contributed by atoms with Gasteiger partial charge in [0.15, 0.2) is 5.78 Å². The molecule has 2 heterocycles. The molecule has 1 aromatic heterocycles. The number of rotatable bonds is 3. The van der Waals surface area contributed by atoms with Crippen molar-refractivity contribution in [2.24, 2.45) is 0 Å². The summed E-state index contributed by atoms with van der Waals surface area (Å²) in [5.41, 5.74) is 1.20. The summed E-state index contributed by atoms with van der Waals surface area (Å²) < 4.78 is 5.33. The molecular formula is C14H20N2O2. The summed E-state index contributed by atoms with van der Waals surface area (Å²) in [5, 5.41) is 0. The van der Waals surface area contributed by atoms with Crippen molar-refractivity contribution in [2.45, 2.75) is 26.3 Å². The van der Waals surface area contributed by atoms with Crippen LogP contribution in [0.4, 0.5) is 0 Å². The number of hydrogen-bond acceptors (Lipinski definition) is 4. The molecule has 4 nitrogen and oxygen atoms in total. The van der Waals surface area contributed by atoms with Crippen LogP contribution in [0.3, 0.4) is 0 Å². The molecule has 0 unspecified atom stereocenters. The second-order valence-electron chi connectivity index (χ2n) is 5.24. The Kier molecular flexibility index (Phi) is 3.78. The van der Waals surface area contributed by atoms with Crippen LogP contribution in [0.25, 0.3) is 0 Å². The van der Waals surface area contributed by atoms with Crippen molar-refractivity contribution in [1.82, 2.24) is 9.88 Å². The maximum Gasteiger partial charge on any atom is 0.184 e. The van der Waals surface area contributed by atoms with Crippen molar-refractivity contribution in [3.8, 4) is 0 Å². The van der Waals surface area contributed by atoms with Gasteiger partial charge in [-0.15, -0.1) is 0 Å². The van der Waals surface area contributed by atoms with E-state index in [9.17, 15) is 4.79 Å². The Morgan fingerprint density at radius 1 is 1.33 bits per heavy atom. The first-order valence-electron chi connectivity index (χ1n) is 6.31. The Hall–Kier alpha value is -1.26. The van der Waals surface area contributed by atoms with Gasteiger partial charge in [-0.2, -0.15) is 0 Å². The molecular weight excluding hydrogens is 228 g/mol. The Balaban J connectivity index is 2.20. The molecule has 98 valence electrons. The molecule has 0 atom stereocenters. The average molecular weight is 248 g/mol. The smallest absolute Gasteiger partial charge is 0.184 e. The van der Waals surface area contributed by atoms with Crippen molar-refractivity contribution in [3.05, 3.63) is 29.6 Å². The number of Topliss-reactive ketones (excluding diaryl/α,β-unsaturated/α-hetero) is 1. The summed E-state index contributed by atoms with van der Waals surface area (Å²) in [5.74, 6) is 0.126. The maximum absolute atomic E-state index is 12.6. The summed E-state index contributed by atoms with van der Waals surface area (Å²) in [6.45, 7) is 8.90. The van der Waals surface area contributed by atoms with Crippen molar-refractivity contribution < 1.29 is 9.53 Å². The SMILES string of the molecule is Cc1cncc(C(=O)C(C)(C)N2CCOCC2)c1. The molecule has 18 heavy (non-hydrogen) atoms. The first-order chi connectivity index (χ1) is 8.51. The average Bonchev–Trinajstić information content (AvgIpc) is 2.39. The first-order valence-corrected chi connectivity index (χ1v) is 6.31. The van der Waals surface area contributed by atoms with Crippen LogP contribution in [0.2, 0.25) is 0 Å². The second kappa shape index (κ2) is 5.16. The van der Waals surface area contributed by atoms with Gasteiger partial charge < -0.3 is 4.74 Å². The van der Waals surface area contributed by atoms with Gasteiger partial charge in [-0.05, 0) is 32.4 Å². The minimum absolute atomic E-state index is 0.126. The quantitative estimate of drug-likeness (QED) is 0.763. The summed E-state index contributed by atoms with van der Waals surface area (Å²) in [6, 6.07) is 1.90. The molecule has 1 aliphatic rings. The first kappa shape index (κ1) is 13.2. The largest absolute Gasteiger partial charge is 0.379 e. The standard InChI is InChI=1S/C14H20N2O2/c1-11-8-12(10-15-9-11)13(17)14(2,3)16-4-6-18-7-5-16/h8-10H,4-7H2,1-3H3. The highest BCUT2D eigenvalue weighted by Crippen LogP contribution is 2.21. The highest BCUT2D eigenvalue weighted by molar-refractivity contribution is 6.02. The van der Waals surface area contributed by atoms with Crippen LogP contribution in [-0.2, 0) is 4.74 Å². The number of carbonyl (C=O) groups excluding carboxylic acids is 1. The van der Waals surface area contributed by atoms with Crippen molar-refractivity contribution in [1.29, 1.82) is 0 Å². The van der Waals surface area contributed by atoms with Crippen LogP contribution in [-0.4, -0.2) is 47.5 Å². The van der Waals surface area contributed by atoms with Gasteiger partial charge in [0, 0.05) is 31.0 Å². The molecule has 1 aliphatic heterocycles. The predicted octanol–water partition coefficient (Wildman–Crippen LogP) is 1.68. The van der Waals surface area contributed by atoms with E-state index in [4.69, 9.17) is 4.74 Å². The lowest BCUT2D eigenvalue weighted by atomic mass is 9.91. The number of aromatic nitrogens is 1. The molecule has 2 rings (SSSR count). The number of morpholine rings is 1. The number of hydrogen-bond donors (Lipinski definition) is 0. The van der Waals surface area contributed by atoms with E-state index in [1.54, 1.807) is 12.4 Å². The van der Waals surface area contributed by atoms with Crippen LogP contribution in [0, 0.1) is 6.92 Å². The van der Waals surface area contributed by atoms with Crippen LogP contribution < -0.4 is 0 Å². The fourth-order valence-corrected chi connectivity index (χ4v) is 2.30. The lowest BCUT2D eigenvalue weighted by molar-refractivity contribution is -0.00431. The van der Waals surface area contributed by atoms with Crippen molar-refractivity contribution in [2.75, 3.05) is 26.3 Å². The van der Waals surface area contributed by atoms with E-state index in [1.165, 1.54) is 0 Å². The van der Waals surface area contributed by atoms with E-state index < -0.39 is 5.54 Å². The number of nitrogens with zero attached hydrogens (tertiary/aromatic N) is 2. The molecule has 0 saturated carbocycles. The summed E-state index contributed by atoms with van der Waals surface area (Å²) in [6.07, 6.45) is 3.41. The van der Waals surface area contributed by atoms with E-state index in [2.05, 4.69) is 9.88 Å². The van der Waals surface area contributed by atoms with Crippen LogP contribution in [0.15, 0.2) is 18.5 Å². The van der Waals surface area contributed by atoms with Crippen LogP contribution in [0.1, 0.15) is 29.8 Å². The number of pyridine rings is 1. The molecule has 4 heteroatoms. The van der Waals surface area contributed by atoms with E-state index in [0.717, 1.165) is 18.7 Å². The van der Waals surface area contributed by atoms with Crippen molar-refractivity contribution in [3.63, 3.8) is 0 Å². The minimum Gasteiger partial charge on any atom is -0.379 e. The molecule has 0 spiro atoms. The zero-order valence-corrected chi connectivity index (χ0v) is 11.3. The zero-order valence-electron chi connectivity index (χ0n) is 11.3. The summed E-state index contributed by atoms with van der Waals surface area (Å²) >= 11 is 0. The Bertz CT molecular complexity index is 437. The molecule has 0 radical (unpaired) electrons. The van der Waals surface area contributed by atoms with Gasteiger partial charge in [-0.1, -0.05) is 0 Å². The fourth-order valence-electron chi connectivity index (χ4n) is 2.30. The topological polar surface area (TPSA) is 42.4 Å². The normalized spacial score (nSPS) is 17.7. The molecule has 1 saturated heterocycles. The maximum atomic E-state index is 12.6. The lowest BCUT2D eigenvalue weighted by Gasteiger charge is -2.39. The van der Waals surface area contributed by atoms with E-state index in [-0.39, 0.29) is 5.78 Å². The van der Waals surface area contributed by atoms with Gasteiger partial charge in [0.05, 0.1) is 18.8 Å². The van der Waals surface area contributed by atoms with E-state index in [0.29, 0.717) is 18.8 Å². The summed E-state index contributed by atoms with van der Waals surface area (Å²) in [4.78, 5) is 18.9. The predicted molar refractivity (Wildman–Crippen MR) is 69.8 cm³/mol. The number of aryl methyl sites for hydroxylation is 1. The molecule has 0 N–H and O–H groups in total. The van der Waals surface area contributed by atoms with Crippen LogP contribution in [0.5, 0.6) is 0 Å². The molecule has 0 bridgehead atoms. The zero-order chi connectivity index (χ0) is 13.2. The van der Waals surface area contributed by atoms with Gasteiger partial charge in [-0.25, -0.2) is 0 Å². The fraction of sp³-hybridized carbons (Fsp3) is 0.571. The molecule has 1 aromatic rings. The lowest BCUT2D eigenvalue weighted by Crippen LogP contribution is -2.54. The van der Waals surface area contributed by atoms with Gasteiger partial charge in [-0.3, -0.25) is 14.7 Å². The van der Waals surface area contributed by atoms with E-state index in [1.807, 2.05) is 26.8 Å². The Morgan fingerprint density at radius 3 is 2.61 bits per heavy atom. The minimum atomic E-state index is -0.501. The highest BCUT2D eigenvalue weighted by Gasteiger charge is 2.36. The third kappa shape index (κ3) is 2.60. The third-order valence-electron chi connectivity index (χ3n) is 3.49. The second-order valence-corrected chi connectivity index (χ2v) is 5.24. The van der Waals surface area contributed by atoms with Gasteiger partial charge >= 0.3 is 0 Å². The highest BCUT2D eigenvalue weighted by atomic mass is 16.5. The van der Waals surface area contributed by atoms with Crippen molar-refractivity contribution >= 4 is 5.78 Å². The Labute approximate surface area is 108 Å². The van der Waals surface area contributed by atoms with Gasteiger partial charge in [0.2, 0.25) is 0 Å². The number of ether oxygens (including phenoxy) is 1. The summed E-state index contributed by atoms with van der Waals surface area (Å²) in [7, 11) is 0. The van der Waals surface area contributed by atoms with Gasteiger partial charge in [0.1, 0.15) is 0 Å². The van der Waals surface area contributed by atoms with Gasteiger partial charge in [0.25, 0.3) is 0 Å². The third-order valence-corrected chi connectivity index (χ3v) is 3.49. The number of ketones is 1. The van der Waals surface area contributed by atoms with Crippen LogP contribution >= 0.6 is 0 Å². The molecule has 0 amide bonds. The molecule has 1 fully saturated rings. The molecule has 0 aliphatic carbocycles. The Morgan fingerprint density at radius 2 is 2.00 bits per heavy atom. The van der Waals surface area contributed by atoms with E-state index >= 15 is 0 Å². The number of carbonyl (C=O) groups is 1.